The number of ether oxygens (including phenoxy) is 2. The molecule has 1 fully saturated rings. The quantitative estimate of drug-likeness (QED) is 0.424. The Morgan fingerprint density at radius 1 is 1.33 bits per heavy atom. The van der Waals surface area contributed by atoms with Gasteiger partial charge in [0, 0.05) is 18.8 Å². The fourth-order valence-electron chi connectivity index (χ4n) is 3.59. The third-order valence-electron chi connectivity index (χ3n) is 5.42. The minimum absolute atomic E-state index is 0.0940. The normalized spacial score (nSPS) is 26.9. The molecule has 12 nitrogen and oxygen atoms in total. The molecule has 0 radical (unpaired) electrons. The topological polar surface area (TPSA) is 174 Å². The molecule has 4 rings (SSSR count). The predicted molar refractivity (Wildman–Crippen MR) is 106 cm³/mol. The van der Waals surface area contributed by atoms with E-state index in [0.717, 1.165) is 0 Å². The number of carbonyl (C=O) groups excluding carboxylic acids is 1. The van der Waals surface area contributed by atoms with Crippen molar-refractivity contribution < 1.29 is 24.5 Å². The Kier molecular flexibility index (Phi) is 5.10. The van der Waals surface area contributed by atoms with Crippen molar-refractivity contribution in [2.45, 2.75) is 44.4 Å². The highest BCUT2D eigenvalue weighted by Gasteiger charge is 2.45. The Bertz CT molecular complexity index is 1010. The van der Waals surface area contributed by atoms with Crippen molar-refractivity contribution in [1.29, 1.82) is 0 Å². The number of aliphatic hydroxyl groups is 2. The summed E-state index contributed by atoms with van der Waals surface area (Å²) in [4.78, 5) is 20.5. The number of nitrogens with zero attached hydrogens (tertiary/aromatic N) is 5. The van der Waals surface area contributed by atoms with E-state index in [1.54, 1.807) is 31.7 Å². The van der Waals surface area contributed by atoms with E-state index in [4.69, 9.17) is 20.9 Å². The molecule has 0 amide bonds. The number of hydrogen-bond acceptors (Lipinski definition) is 11. The van der Waals surface area contributed by atoms with Gasteiger partial charge in [0.05, 0.1) is 5.39 Å². The molecule has 2 aliphatic rings. The van der Waals surface area contributed by atoms with Crippen LogP contribution in [0.5, 0.6) is 0 Å². The summed E-state index contributed by atoms with van der Waals surface area (Å²) in [6, 6.07) is -0.781. The largest absolute Gasteiger partial charge is 0.462 e. The molecule has 2 aromatic rings. The first-order chi connectivity index (χ1) is 14.2. The summed E-state index contributed by atoms with van der Waals surface area (Å²) in [5.41, 5.74) is 12.9. The van der Waals surface area contributed by atoms with E-state index < -0.39 is 36.6 Å². The highest BCUT2D eigenvalue weighted by atomic mass is 16.6. The van der Waals surface area contributed by atoms with Crippen LogP contribution in [0.1, 0.15) is 25.6 Å². The molecule has 0 aromatic carbocycles. The van der Waals surface area contributed by atoms with E-state index in [0.29, 0.717) is 22.4 Å². The summed E-state index contributed by atoms with van der Waals surface area (Å²) < 4.78 is 12.6. The lowest BCUT2D eigenvalue weighted by Crippen LogP contribution is -2.40. The van der Waals surface area contributed by atoms with Gasteiger partial charge in [-0.05, 0) is 5.92 Å². The minimum Gasteiger partial charge on any atom is -0.462 e. The molecule has 6 N–H and O–H groups in total. The van der Waals surface area contributed by atoms with Crippen LogP contribution in [-0.4, -0.2) is 74.6 Å². The van der Waals surface area contributed by atoms with Gasteiger partial charge in [-0.15, -0.1) is 0 Å². The highest BCUT2D eigenvalue weighted by Crippen LogP contribution is 2.37. The number of nitrogens with two attached hydrogens (primary N) is 2. The number of anilines is 1. The summed E-state index contributed by atoms with van der Waals surface area (Å²) in [5.74, 6) is 0.139. The standard InChI is InChI=1S/C18H25N7O5/c1-7(2)11(19)18(28)29-5-9-12(26)13(27)17(30-9)25-4-8-10-15(21-6-22-16(10)25)24(3)23-14(8)20/h4,6-7,9,11-13,17,26-27H,5,19H2,1-3H3,(H2,20,23)/t9-,11?,12-,13-,17-/m1/s1. The summed E-state index contributed by atoms with van der Waals surface area (Å²) in [6.45, 7) is 3.36. The number of aromatic nitrogens is 3. The second-order valence-corrected chi connectivity index (χ2v) is 7.80. The van der Waals surface area contributed by atoms with Crippen molar-refractivity contribution in [3.05, 3.63) is 18.1 Å². The fraction of sp³-hybridized carbons (Fsp3) is 0.556. The molecule has 2 aromatic heterocycles. The van der Waals surface area contributed by atoms with E-state index in [-0.39, 0.29) is 18.4 Å². The van der Waals surface area contributed by atoms with E-state index in [1.807, 2.05) is 0 Å². The number of hydrazone groups is 1. The first-order valence-electron chi connectivity index (χ1n) is 9.58. The van der Waals surface area contributed by atoms with Gasteiger partial charge in [0.25, 0.3) is 0 Å². The van der Waals surface area contributed by atoms with Crippen LogP contribution in [0.25, 0.3) is 11.0 Å². The lowest BCUT2D eigenvalue weighted by Gasteiger charge is -2.19. The van der Waals surface area contributed by atoms with Gasteiger partial charge in [0.15, 0.2) is 17.9 Å². The smallest absolute Gasteiger partial charge is 0.323 e. The van der Waals surface area contributed by atoms with Gasteiger partial charge < -0.3 is 35.7 Å². The fourth-order valence-corrected chi connectivity index (χ4v) is 3.59. The maximum Gasteiger partial charge on any atom is 0.323 e. The Labute approximate surface area is 172 Å². The van der Waals surface area contributed by atoms with Crippen LogP contribution in [-0.2, 0) is 14.3 Å². The van der Waals surface area contributed by atoms with Crippen LogP contribution in [0.3, 0.4) is 0 Å². The minimum atomic E-state index is -1.29. The molecular weight excluding hydrogens is 394 g/mol. The Hall–Kier alpha value is -2.80. The van der Waals surface area contributed by atoms with Crippen LogP contribution in [0.4, 0.5) is 5.82 Å². The number of aliphatic hydroxyl groups excluding tert-OH is 2. The van der Waals surface area contributed by atoms with Gasteiger partial charge in [-0.2, -0.15) is 5.10 Å². The lowest BCUT2D eigenvalue weighted by atomic mass is 10.1. The molecule has 2 aliphatic heterocycles. The molecule has 1 saturated heterocycles. The van der Waals surface area contributed by atoms with Crippen LogP contribution >= 0.6 is 0 Å². The van der Waals surface area contributed by atoms with Crippen LogP contribution in [0, 0.1) is 5.92 Å². The highest BCUT2D eigenvalue weighted by molar-refractivity contribution is 6.13. The average molecular weight is 419 g/mol. The molecule has 5 atom stereocenters. The van der Waals surface area contributed by atoms with Gasteiger partial charge in [0.1, 0.15) is 42.9 Å². The molecule has 12 heteroatoms. The monoisotopic (exact) mass is 419 g/mol. The van der Waals surface area contributed by atoms with Gasteiger partial charge in [-0.25, -0.2) is 15.0 Å². The molecular formula is C18H25N7O5. The molecule has 1 unspecified atom stereocenters. The van der Waals surface area contributed by atoms with E-state index in [1.165, 1.54) is 11.3 Å². The molecule has 0 aliphatic carbocycles. The van der Waals surface area contributed by atoms with Gasteiger partial charge >= 0.3 is 5.97 Å². The SMILES string of the molecule is CC(C)C(N)C(=O)OC[C@H]1O[C@@H](n2cc3c4c(ncnc42)N(C)N=C3N)[C@H](O)[C@@H]1O. The number of amidine groups is 1. The first kappa shape index (κ1) is 20.5. The second-order valence-electron chi connectivity index (χ2n) is 7.80. The van der Waals surface area contributed by atoms with Crippen molar-refractivity contribution in [3.8, 4) is 0 Å². The lowest BCUT2D eigenvalue weighted by molar-refractivity contribution is -0.152. The Balaban J connectivity index is 1.60. The van der Waals surface area contributed by atoms with Crippen molar-refractivity contribution in [2.24, 2.45) is 22.5 Å². The summed E-state index contributed by atoms with van der Waals surface area (Å²) in [5, 5.41) is 27.5. The maximum absolute atomic E-state index is 12.0. The average Bonchev–Trinajstić information content (AvgIpc) is 3.23. The van der Waals surface area contributed by atoms with Crippen molar-refractivity contribution in [3.63, 3.8) is 0 Å². The number of carbonyl (C=O) groups is 1. The Morgan fingerprint density at radius 2 is 2.07 bits per heavy atom. The summed E-state index contributed by atoms with van der Waals surface area (Å²) >= 11 is 0. The summed E-state index contributed by atoms with van der Waals surface area (Å²) in [6.07, 6.45) is -1.45. The molecule has 0 bridgehead atoms. The zero-order chi connectivity index (χ0) is 21.7. The van der Waals surface area contributed by atoms with Crippen LogP contribution in [0.15, 0.2) is 17.6 Å². The third kappa shape index (κ3) is 3.17. The molecule has 30 heavy (non-hydrogen) atoms. The molecule has 0 spiro atoms. The van der Waals surface area contributed by atoms with Crippen molar-refractivity contribution >= 4 is 28.7 Å². The number of hydrogen-bond donors (Lipinski definition) is 4. The molecule has 4 heterocycles. The summed E-state index contributed by atoms with van der Waals surface area (Å²) in [7, 11) is 1.71. The zero-order valence-electron chi connectivity index (χ0n) is 16.8. The van der Waals surface area contributed by atoms with Crippen LogP contribution < -0.4 is 16.5 Å². The molecule has 162 valence electrons. The van der Waals surface area contributed by atoms with Crippen molar-refractivity contribution in [2.75, 3.05) is 18.7 Å². The van der Waals surface area contributed by atoms with E-state index in [2.05, 4.69) is 15.1 Å². The number of rotatable bonds is 5. The second kappa shape index (κ2) is 7.47. The van der Waals surface area contributed by atoms with Gasteiger partial charge in [-0.3, -0.25) is 4.79 Å². The van der Waals surface area contributed by atoms with Gasteiger partial charge in [-0.1, -0.05) is 13.8 Å². The van der Waals surface area contributed by atoms with Crippen molar-refractivity contribution in [1.82, 2.24) is 14.5 Å². The number of esters is 1. The van der Waals surface area contributed by atoms with Crippen LogP contribution in [0.2, 0.25) is 0 Å². The maximum atomic E-state index is 12.0. The zero-order valence-corrected chi connectivity index (χ0v) is 16.8. The molecule has 0 saturated carbocycles. The van der Waals surface area contributed by atoms with E-state index in [9.17, 15) is 15.0 Å². The Morgan fingerprint density at radius 3 is 2.77 bits per heavy atom. The van der Waals surface area contributed by atoms with Gasteiger partial charge in [0.2, 0.25) is 0 Å². The predicted octanol–water partition coefficient (Wildman–Crippen LogP) is -1.35. The third-order valence-corrected chi connectivity index (χ3v) is 5.42. The first-order valence-corrected chi connectivity index (χ1v) is 9.58. The van der Waals surface area contributed by atoms with E-state index >= 15 is 0 Å².